The van der Waals surface area contributed by atoms with E-state index < -0.39 is 34.0 Å². The number of benzene rings is 1. The molecule has 12 heteroatoms. The van der Waals surface area contributed by atoms with E-state index in [2.05, 4.69) is 17.0 Å². The predicted molar refractivity (Wildman–Crippen MR) is 147 cm³/mol. The van der Waals surface area contributed by atoms with Crippen LogP contribution in [0.15, 0.2) is 46.0 Å². The molecule has 1 aromatic carbocycles. The molecule has 0 saturated heterocycles. The van der Waals surface area contributed by atoms with Gasteiger partial charge in [0, 0.05) is 10.6 Å². The van der Waals surface area contributed by atoms with E-state index in [1.165, 1.54) is 48.6 Å². The number of fused-ring (bicyclic) bond motifs is 1. The molecule has 1 amide bonds. The quantitative estimate of drug-likeness (QED) is 0.339. The van der Waals surface area contributed by atoms with E-state index in [1.54, 1.807) is 18.4 Å². The maximum Gasteiger partial charge on any atom is 0.341 e. The summed E-state index contributed by atoms with van der Waals surface area (Å²) in [7, 11) is -3.71. The number of sulfonamides is 1. The number of amides is 1. The maximum atomic E-state index is 12.9. The van der Waals surface area contributed by atoms with Crippen LogP contribution in [0.2, 0.25) is 0 Å². The SMILES string of the molecule is CCOC(=O)c1c(NC(=O)[C@@H](C)OC(=O)c2ccc(NS(=O)(=O)c3cccs3)cc2)sc2c1CC[C@H](C)C2. The number of carbonyl (C=O) groups excluding carboxylic acids is 3. The van der Waals surface area contributed by atoms with E-state index in [-0.39, 0.29) is 22.1 Å². The highest BCUT2D eigenvalue weighted by Crippen LogP contribution is 2.40. The molecule has 0 fully saturated rings. The topological polar surface area (TPSA) is 128 Å². The number of ether oxygens (including phenoxy) is 2. The third-order valence-electron chi connectivity index (χ3n) is 6.01. The molecule has 2 aromatic heterocycles. The average Bonchev–Trinajstić information content (AvgIpc) is 3.53. The highest BCUT2D eigenvalue weighted by molar-refractivity contribution is 7.94. The first-order valence-electron chi connectivity index (χ1n) is 12.1. The van der Waals surface area contributed by atoms with Crippen LogP contribution in [-0.4, -0.2) is 39.0 Å². The first-order chi connectivity index (χ1) is 18.1. The van der Waals surface area contributed by atoms with E-state index >= 15 is 0 Å². The third-order valence-corrected chi connectivity index (χ3v) is 9.96. The zero-order chi connectivity index (χ0) is 27.4. The number of hydrogen-bond acceptors (Lipinski definition) is 9. The fourth-order valence-electron chi connectivity index (χ4n) is 4.05. The summed E-state index contributed by atoms with van der Waals surface area (Å²) in [4.78, 5) is 39.3. The van der Waals surface area contributed by atoms with Crippen molar-refractivity contribution in [3.05, 3.63) is 63.3 Å². The number of hydrogen-bond donors (Lipinski definition) is 2. The summed E-state index contributed by atoms with van der Waals surface area (Å²) in [6.07, 6.45) is 1.37. The van der Waals surface area contributed by atoms with Crippen LogP contribution in [0.25, 0.3) is 0 Å². The smallest absolute Gasteiger partial charge is 0.341 e. The highest BCUT2D eigenvalue weighted by atomic mass is 32.2. The number of nitrogens with one attached hydrogen (secondary N) is 2. The van der Waals surface area contributed by atoms with Crippen molar-refractivity contribution in [2.24, 2.45) is 5.92 Å². The molecule has 38 heavy (non-hydrogen) atoms. The van der Waals surface area contributed by atoms with Gasteiger partial charge in [-0.15, -0.1) is 22.7 Å². The van der Waals surface area contributed by atoms with Crippen molar-refractivity contribution in [1.29, 1.82) is 0 Å². The monoisotopic (exact) mass is 576 g/mol. The lowest BCUT2D eigenvalue weighted by molar-refractivity contribution is -0.123. The second-order valence-electron chi connectivity index (χ2n) is 8.93. The van der Waals surface area contributed by atoms with Gasteiger partial charge >= 0.3 is 11.9 Å². The minimum absolute atomic E-state index is 0.150. The normalized spacial score (nSPS) is 15.7. The molecule has 2 N–H and O–H groups in total. The van der Waals surface area contributed by atoms with Gasteiger partial charge in [0.05, 0.1) is 17.7 Å². The summed E-state index contributed by atoms with van der Waals surface area (Å²) >= 11 is 2.45. The number of rotatable bonds is 9. The van der Waals surface area contributed by atoms with Crippen molar-refractivity contribution in [3.63, 3.8) is 0 Å². The van der Waals surface area contributed by atoms with Gasteiger partial charge in [0.1, 0.15) is 9.21 Å². The van der Waals surface area contributed by atoms with Crippen molar-refractivity contribution < 1.29 is 32.3 Å². The number of esters is 2. The summed E-state index contributed by atoms with van der Waals surface area (Å²) in [5, 5.41) is 4.82. The minimum Gasteiger partial charge on any atom is -0.462 e. The Balaban J connectivity index is 1.41. The molecule has 9 nitrogen and oxygen atoms in total. The van der Waals surface area contributed by atoms with Crippen molar-refractivity contribution in [1.82, 2.24) is 0 Å². The van der Waals surface area contributed by atoms with Gasteiger partial charge in [-0.3, -0.25) is 9.52 Å². The standard InChI is InChI=1S/C26H28N2O7S3/c1-4-34-26(31)22-19-12-7-15(2)14-20(19)37-24(22)27-23(29)16(3)35-25(30)17-8-10-18(11-9-17)28-38(32,33)21-6-5-13-36-21/h5-6,8-11,13,15-16,28H,4,7,12,14H2,1-3H3,(H,27,29)/t15-,16+/m0/s1. The fourth-order valence-corrected chi connectivity index (χ4v) is 7.50. The predicted octanol–water partition coefficient (Wildman–Crippen LogP) is 5.10. The lowest BCUT2D eigenvalue weighted by atomic mass is 9.88. The maximum absolute atomic E-state index is 12.9. The molecular formula is C26H28N2O7S3. The Hall–Kier alpha value is -3.22. The van der Waals surface area contributed by atoms with Gasteiger partial charge < -0.3 is 14.8 Å². The summed E-state index contributed by atoms with van der Waals surface area (Å²) in [5.41, 5.74) is 1.73. The molecule has 2 heterocycles. The van der Waals surface area contributed by atoms with Crippen LogP contribution < -0.4 is 10.0 Å². The number of carbonyl (C=O) groups is 3. The molecular weight excluding hydrogens is 548 g/mol. The van der Waals surface area contributed by atoms with Gasteiger partial charge in [0.15, 0.2) is 6.10 Å². The second kappa shape index (κ2) is 11.7. The molecule has 2 atom stereocenters. The summed E-state index contributed by atoms with van der Waals surface area (Å²) in [6.45, 7) is 5.54. The van der Waals surface area contributed by atoms with Crippen LogP contribution in [0.4, 0.5) is 10.7 Å². The summed E-state index contributed by atoms with van der Waals surface area (Å²) in [6, 6.07) is 8.83. The Labute approximate surface area is 229 Å². The summed E-state index contributed by atoms with van der Waals surface area (Å²) in [5.74, 6) is -1.31. The zero-order valence-corrected chi connectivity index (χ0v) is 23.6. The van der Waals surface area contributed by atoms with Crippen molar-refractivity contribution in [2.75, 3.05) is 16.6 Å². The Morgan fingerprint density at radius 3 is 2.53 bits per heavy atom. The van der Waals surface area contributed by atoms with Crippen LogP contribution in [-0.2, 0) is 37.1 Å². The molecule has 0 saturated carbocycles. The third kappa shape index (κ3) is 6.25. The van der Waals surface area contributed by atoms with Gasteiger partial charge in [-0.25, -0.2) is 18.0 Å². The molecule has 1 aliphatic rings. The van der Waals surface area contributed by atoms with E-state index in [0.29, 0.717) is 16.5 Å². The Kier molecular flexibility index (Phi) is 8.54. The van der Waals surface area contributed by atoms with Crippen LogP contribution in [0, 0.1) is 5.92 Å². The molecule has 0 radical (unpaired) electrons. The van der Waals surface area contributed by atoms with Crippen molar-refractivity contribution in [3.8, 4) is 0 Å². The minimum atomic E-state index is -3.71. The number of thiophene rings is 2. The first kappa shape index (κ1) is 27.8. The zero-order valence-electron chi connectivity index (χ0n) is 21.1. The van der Waals surface area contributed by atoms with E-state index in [4.69, 9.17) is 9.47 Å². The fraction of sp³-hybridized carbons (Fsp3) is 0.346. The Morgan fingerprint density at radius 2 is 1.87 bits per heavy atom. The van der Waals surface area contributed by atoms with Crippen LogP contribution in [0.1, 0.15) is 58.3 Å². The molecule has 0 bridgehead atoms. The molecule has 0 unspecified atom stereocenters. The lowest BCUT2D eigenvalue weighted by Crippen LogP contribution is -2.30. The van der Waals surface area contributed by atoms with Gasteiger partial charge in [-0.1, -0.05) is 13.0 Å². The Morgan fingerprint density at radius 1 is 1.13 bits per heavy atom. The van der Waals surface area contributed by atoms with Crippen molar-refractivity contribution >= 4 is 61.2 Å². The van der Waals surface area contributed by atoms with Crippen LogP contribution in [0.3, 0.4) is 0 Å². The largest absolute Gasteiger partial charge is 0.462 e. The van der Waals surface area contributed by atoms with E-state index in [1.807, 2.05) is 0 Å². The average molecular weight is 577 g/mol. The highest BCUT2D eigenvalue weighted by Gasteiger charge is 2.30. The molecule has 1 aliphatic carbocycles. The second-order valence-corrected chi connectivity index (χ2v) is 12.9. The van der Waals surface area contributed by atoms with E-state index in [9.17, 15) is 22.8 Å². The first-order valence-corrected chi connectivity index (χ1v) is 15.3. The Bertz CT molecular complexity index is 1430. The molecule has 0 aliphatic heterocycles. The van der Waals surface area contributed by atoms with Gasteiger partial charge in [0.25, 0.3) is 15.9 Å². The van der Waals surface area contributed by atoms with Gasteiger partial charge in [-0.05, 0) is 80.3 Å². The van der Waals surface area contributed by atoms with E-state index in [0.717, 1.165) is 41.0 Å². The van der Waals surface area contributed by atoms with Crippen LogP contribution >= 0.6 is 22.7 Å². The lowest BCUT2D eigenvalue weighted by Gasteiger charge is -2.18. The number of anilines is 2. The van der Waals surface area contributed by atoms with Gasteiger partial charge in [-0.2, -0.15) is 0 Å². The van der Waals surface area contributed by atoms with Crippen molar-refractivity contribution in [2.45, 2.75) is 50.3 Å². The molecule has 4 rings (SSSR count). The van der Waals surface area contributed by atoms with Crippen LogP contribution in [0.5, 0.6) is 0 Å². The summed E-state index contributed by atoms with van der Waals surface area (Å²) < 4.78 is 37.9. The molecule has 0 spiro atoms. The molecule has 202 valence electrons. The van der Waals surface area contributed by atoms with Gasteiger partial charge in [0.2, 0.25) is 0 Å². The molecule has 3 aromatic rings.